The number of methoxy groups -OCH3 is 2. The van der Waals surface area contributed by atoms with E-state index in [2.05, 4.69) is 0 Å². The van der Waals surface area contributed by atoms with Crippen LogP contribution in [0.25, 0.3) is 32.7 Å². The Labute approximate surface area is 156 Å². The molecule has 0 aliphatic carbocycles. The summed E-state index contributed by atoms with van der Waals surface area (Å²) >= 11 is 0. The van der Waals surface area contributed by atoms with E-state index in [1.54, 1.807) is 12.1 Å². The van der Waals surface area contributed by atoms with Gasteiger partial charge in [0.15, 0.2) is 0 Å². The van der Waals surface area contributed by atoms with E-state index in [4.69, 9.17) is 9.47 Å². The van der Waals surface area contributed by atoms with Crippen LogP contribution in [0.5, 0.6) is 11.5 Å². The maximum absolute atomic E-state index is 12.4. The van der Waals surface area contributed by atoms with Crippen molar-refractivity contribution in [2.45, 2.75) is 0 Å². The van der Waals surface area contributed by atoms with E-state index in [1.165, 1.54) is 14.2 Å². The van der Waals surface area contributed by atoms with E-state index in [0.717, 1.165) is 21.5 Å². The molecule has 0 heterocycles. The second-order valence-corrected chi connectivity index (χ2v) is 6.23. The van der Waals surface area contributed by atoms with Gasteiger partial charge in [-0.05, 0) is 33.7 Å². The molecule has 0 spiro atoms. The molecule has 0 unspecified atom stereocenters. The van der Waals surface area contributed by atoms with Gasteiger partial charge in [0.25, 0.3) is 0 Å². The fourth-order valence-corrected chi connectivity index (χ4v) is 3.57. The van der Waals surface area contributed by atoms with Gasteiger partial charge in [-0.2, -0.15) is 0 Å². The Kier molecular flexibility index (Phi) is 4.16. The van der Waals surface area contributed by atoms with Crippen molar-refractivity contribution in [3.8, 4) is 22.6 Å². The Balaban J connectivity index is 2.23. The molecule has 0 fully saturated rings. The van der Waals surface area contributed by atoms with Gasteiger partial charge in [0.1, 0.15) is 17.1 Å². The van der Waals surface area contributed by atoms with Gasteiger partial charge in [-0.3, -0.25) is 0 Å². The Morgan fingerprint density at radius 1 is 0.815 bits per heavy atom. The third kappa shape index (κ3) is 2.66. The highest BCUT2D eigenvalue weighted by Gasteiger charge is 2.23. The number of hydrogen-bond donors (Lipinski definition) is 1. The molecule has 0 radical (unpaired) electrons. The van der Waals surface area contributed by atoms with Crippen molar-refractivity contribution >= 4 is 27.5 Å². The number of phenols is 1. The first-order chi connectivity index (χ1) is 13.2. The minimum absolute atomic E-state index is 0.124. The molecular formula is C23H18O4. The fraction of sp³-hybridized carbons (Fsp3) is 0.0870. The number of aromatic hydroxyl groups is 1. The predicted octanol–water partition coefficient (Wildman–Crippen LogP) is 5.16. The molecule has 4 rings (SSSR count). The second kappa shape index (κ2) is 6.65. The van der Waals surface area contributed by atoms with Crippen LogP contribution < -0.4 is 4.74 Å². The SMILES string of the molecule is COC(=O)c1cc2ccccc2c(-c2c(O)ccc3ccccc23)c1OC. The first-order valence-corrected chi connectivity index (χ1v) is 8.55. The first kappa shape index (κ1) is 16.9. The van der Waals surface area contributed by atoms with Crippen molar-refractivity contribution in [1.29, 1.82) is 0 Å². The van der Waals surface area contributed by atoms with Crippen LogP contribution in [0.2, 0.25) is 0 Å². The summed E-state index contributed by atoms with van der Waals surface area (Å²) in [5, 5.41) is 14.4. The van der Waals surface area contributed by atoms with Crippen molar-refractivity contribution in [2.24, 2.45) is 0 Å². The zero-order chi connectivity index (χ0) is 19.0. The molecule has 0 saturated carbocycles. The summed E-state index contributed by atoms with van der Waals surface area (Å²) in [4.78, 5) is 12.4. The molecule has 0 bridgehead atoms. The van der Waals surface area contributed by atoms with Crippen LogP contribution in [-0.4, -0.2) is 25.3 Å². The molecule has 1 N–H and O–H groups in total. The molecule has 4 aromatic rings. The van der Waals surface area contributed by atoms with E-state index in [-0.39, 0.29) is 5.75 Å². The highest BCUT2D eigenvalue weighted by Crippen LogP contribution is 2.46. The summed E-state index contributed by atoms with van der Waals surface area (Å²) in [6, 6.07) is 20.8. The molecule has 0 aliphatic heterocycles. The molecule has 4 nitrogen and oxygen atoms in total. The van der Waals surface area contributed by atoms with Gasteiger partial charge >= 0.3 is 5.97 Å². The smallest absolute Gasteiger partial charge is 0.341 e. The molecule has 27 heavy (non-hydrogen) atoms. The minimum Gasteiger partial charge on any atom is -0.507 e. The number of rotatable bonds is 3. The van der Waals surface area contributed by atoms with Gasteiger partial charge in [0.05, 0.1) is 14.2 Å². The third-order valence-electron chi connectivity index (χ3n) is 4.77. The Bertz CT molecular complexity index is 1180. The molecule has 0 saturated heterocycles. The lowest BCUT2D eigenvalue weighted by Gasteiger charge is -2.18. The van der Waals surface area contributed by atoms with Gasteiger partial charge in [0.2, 0.25) is 0 Å². The van der Waals surface area contributed by atoms with E-state index < -0.39 is 5.97 Å². The molecule has 0 amide bonds. The number of fused-ring (bicyclic) bond motifs is 2. The molecule has 0 aromatic heterocycles. The average Bonchev–Trinajstić information content (AvgIpc) is 2.72. The third-order valence-corrected chi connectivity index (χ3v) is 4.77. The first-order valence-electron chi connectivity index (χ1n) is 8.55. The lowest BCUT2D eigenvalue weighted by molar-refractivity contribution is 0.0597. The van der Waals surface area contributed by atoms with Crippen molar-refractivity contribution in [1.82, 2.24) is 0 Å². The number of esters is 1. The normalized spacial score (nSPS) is 10.9. The summed E-state index contributed by atoms with van der Waals surface area (Å²) in [5.74, 6) is 0.0185. The predicted molar refractivity (Wildman–Crippen MR) is 106 cm³/mol. The van der Waals surface area contributed by atoms with E-state index in [9.17, 15) is 9.90 Å². The lowest BCUT2D eigenvalue weighted by atomic mass is 9.90. The van der Waals surface area contributed by atoms with Crippen LogP contribution in [0.4, 0.5) is 0 Å². The zero-order valence-corrected chi connectivity index (χ0v) is 15.0. The largest absolute Gasteiger partial charge is 0.507 e. The van der Waals surface area contributed by atoms with Gasteiger partial charge in [-0.1, -0.05) is 54.6 Å². The van der Waals surface area contributed by atoms with E-state index >= 15 is 0 Å². The molecule has 4 heteroatoms. The number of ether oxygens (including phenoxy) is 2. The van der Waals surface area contributed by atoms with Crippen molar-refractivity contribution in [2.75, 3.05) is 14.2 Å². The van der Waals surface area contributed by atoms with Crippen molar-refractivity contribution in [3.63, 3.8) is 0 Å². The maximum atomic E-state index is 12.4. The molecule has 0 aliphatic rings. The monoisotopic (exact) mass is 358 g/mol. The average molecular weight is 358 g/mol. The number of carbonyl (C=O) groups excluding carboxylic acids is 1. The summed E-state index contributed by atoms with van der Waals surface area (Å²) in [5.41, 5.74) is 1.62. The van der Waals surface area contributed by atoms with Crippen molar-refractivity contribution < 1.29 is 19.4 Å². The topological polar surface area (TPSA) is 55.8 Å². The number of benzene rings is 4. The summed E-state index contributed by atoms with van der Waals surface area (Å²) < 4.78 is 10.6. The van der Waals surface area contributed by atoms with Gasteiger partial charge in [-0.15, -0.1) is 0 Å². The summed E-state index contributed by atoms with van der Waals surface area (Å²) in [6.45, 7) is 0. The van der Waals surface area contributed by atoms with E-state index in [1.807, 2.05) is 54.6 Å². The summed E-state index contributed by atoms with van der Waals surface area (Å²) in [6.07, 6.45) is 0. The van der Waals surface area contributed by atoms with Gasteiger partial charge < -0.3 is 14.6 Å². The van der Waals surface area contributed by atoms with Gasteiger partial charge in [-0.25, -0.2) is 4.79 Å². The summed E-state index contributed by atoms with van der Waals surface area (Å²) in [7, 11) is 2.86. The number of phenolic OH excluding ortho intramolecular Hbond substituents is 1. The molecule has 134 valence electrons. The zero-order valence-electron chi connectivity index (χ0n) is 15.0. The Morgan fingerprint density at radius 3 is 2.11 bits per heavy atom. The van der Waals surface area contributed by atoms with Crippen LogP contribution in [-0.2, 0) is 4.74 Å². The van der Waals surface area contributed by atoms with E-state index in [0.29, 0.717) is 22.4 Å². The molecule has 4 aromatic carbocycles. The fourth-order valence-electron chi connectivity index (χ4n) is 3.57. The quantitative estimate of drug-likeness (QED) is 0.514. The van der Waals surface area contributed by atoms with Crippen molar-refractivity contribution in [3.05, 3.63) is 72.3 Å². The standard InChI is InChI=1S/C23H18O4/c1-26-22-18(23(25)27-2)13-15-8-4-6-10-17(15)21(22)20-16-9-5-3-7-14(16)11-12-19(20)24/h3-13,24H,1-2H3. The Hall–Kier alpha value is -3.53. The highest BCUT2D eigenvalue weighted by atomic mass is 16.5. The minimum atomic E-state index is -0.487. The number of hydrogen-bond acceptors (Lipinski definition) is 4. The van der Waals surface area contributed by atoms with Crippen LogP contribution in [0.15, 0.2) is 66.7 Å². The molecule has 0 atom stereocenters. The second-order valence-electron chi connectivity index (χ2n) is 6.23. The van der Waals surface area contributed by atoms with Gasteiger partial charge in [0, 0.05) is 11.1 Å². The van der Waals surface area contributed by atoms with Crippen LogP contribution in [0.1, 0.15) is 10.4 Å². The van der Waals surface area contributed by atoms with Crippen LogP contribution in [0.3, 0.4) is 0 Å². The van der Waals surface area contributed by atoms with Crippen LogP contribution >= 0.6 is 0 Å². The maximum Gasteiger partial charge on any atom is 0.341 e. The molecular weight excluding hydrogens is 340 g/mol. The highest BCUT2D eigenvalue weighted by molar-refractivity contribution is 6.13. The van der Waals surface area contributed by atoms with Crippen LogP contribution in [0, 0.1) is 0 Å². The lowest BCUT2D eigenvalue weighted by Crippen LogP contribution is -2.06. The number of carbonyl (C=O) groups is 1. The Morgan fingerprint density at radius 2 is 1.44 bits per heavy atom.